The molecule has 0 fully saturated rings. The first-order valence-corrected chi connectivity index (χ1v) is 6.86. The molecule has 0 saturated heterocycles. The Balaban J connectivity index is 3.83. The zero-order valence-corrected chi connectivity index (χ0v) is 11.2. The third-order valence-electron chi connectivity index (χ3n) is 1.31. The van der Waals surface area contributed by atoms with Crippen molar-refractivity contribution in [1.29, 1.82) is 0 Å². The van der Waals surface area contributed by atoms with Gasteiger partial charge in [-0.25, -0.2) is 0 Å². The van der Waals surface area contributed by atoms with Crippen LogP contribution in [0.4, 0.5) is 0 Å². The highest BCUT2D eigenvalue weighted by atomic mass is 32.2. The molecule has 0 heterocycles. The van der Waals surface area contributed by atoms with Crippen molar-refractivity contribution in [3.63, 3.8) is 0 Å². The number of thiol groups is 4. The Morgan fingerprint density at radius 2 is 1.23 bits per heavy atom. The highest BCUT2D eigenvalue weighted by molar-refractivity contribution is 8.01. The van der Waals surface area contributed by atoms with Crippen LogP contribution in [0.3, 0.4) is 0 Å². The smallest absolute Gasteiger partial charge is 0.114 e. The zero-order chi connectivity index (χ0) is 10.4. The van der Waals surface area contributed by atoms with Crippen LogP contribution < -0.4 is 0 Å². The molecule has 13 heavy (non-hydrogen) atoms. The van der Waals surface area contributed by atoms with Crippen molar-refractivity contribution >= 4 is 62.3 Å². The normalized spacial score (nSPS) is 20.8. The molecule has 0 saturated carbocycles. The minimum absolute atomic E-state index is 0.247. The fourth-order valence-corrected chi connectivity index (χ4v) is 2.45. The fourth-order valence-electron chi connectivity index (χ4n) is 0.505. The van der Waals surface area contributed by atoms with E-state index in [1.54, 1.807) is 0 Å². The molecule has 0 bridgehead atoms. The number of aliphatic hydroxyl groups is 2. The van der Waals surface area contributed by atoms with Crippen molar-refractivity contribution in [1.82, 2.24) is 0 Å². The molecule has 2 N–H and O–H groups in total. The summed E-state index contributed by atoms with van der Waals surface area (Å²) in [5, 5.41) is 18.4. The number of rotatable bonds is 6. The molecule has 80 valence electrons. The standard InChI is InChI=1S/C6H14O2S5/c7-5(3(11)1-9)13-6(8)4(12)2-10/h3-12H,1-2H2. The van der Waals surface area contributed by atoms with Gasteiger partial charge in [0.15, 0.2) is 0 Å². The summed E-state index contributed by atoms with van der Waals surface area (Å²) in [6.45, 7) is 0. The molecule has 7 heteroatoms. The molecular formula is C6H14O2S5. The van der Waals surface area contributed by atoms with Crippen molar-refractivity contribution in [2.24, 2.45) is 0 Å². The molecule has 0 aromatic carbocycles. The van der Waals surface area contributed by atoms with Gasteiger partial charge < -0.3 is 10.2 Å². The van der Waals surface area contributed by atoms with Crippen molar-refractivity contribution in [3.8, 4) is 0 Å². The highest BCUT2D eigenvalue weighted by Gasteiger charge is 2.22. The molecule has 0 spiro atoms. The van der Waals surface area contributed by atoms with Crippen LogP contribution in [-0.4, -0.2) is 43.1 Å². The lowest BCUT2D eigenvalue weighted by Crippen LogP contribution is -2.27. The lowest BCUT2D eigenvalue weighted by Gasteiger charge is -2.21. The van der Waals surface area contributed by atoms with Gasteiger partial charge in [0.05, 0.1) is 0 Å². The van der Waals surface area contributed by atoms with E-state index in [0.717, 1.165) is 11.8 Å². The van der Waals surface area contributed by atoms with Crippen LogP contribution in [0.25, 0.3) is 0 Å². The van der Waals surface area contributed by atoms with E-state index < -0.39 is 10.9 Å². The third-order valence-corrected chi connectivity index (χ3v) is 5.22. The largest absolute Gasteiger partial charge is 0.381 e. The van der Waals surface area contributed by atoms with Crippen LogP contribution in [0, 0.1) is 0 Å². The van der Waals surface area contributed by atoms with Gasteiger partial charge in [-0.2, -0.15) is 50.5 Å². The van der Waals surface area contributed by atoms with Crippen molar-refractivity contribution in [3.05, 3.63) is 0 Å². The lowest BCUT2D eigenvalue weighted by molar-refractivity contribution is 0.238. The van der Waals surface area contributed by atoms with Gasteiger partial charge in [0.25, 0.3) is 0 Å². The first-order valence-electron chi connectivity index (χ1n) is 3.62. The summed E-state index contributed by atoms with van der Waals surface area (Å²) >= 11 is 17.2. The maximum Gasteiger partial charge on any atom is 0.114 e. The van der Waals surface area contributed by atoms with Crippen molar-refractivity contribution < 1.29 is 10.2 Å². The van der Waals surface area contributed by atoms with E-state index in [9.17, 15) is 10.2 Å². The molecule has 0 aromatic rings. The monoisotopic (exact) mass is 278 g/mol. The van der Waals surface area contributed by atoms with Crippen molar-refractivity contribution in [2.45, 2.75) is 21.4 Å². The van der Waals surface area contributed by atoms with Crippen LogP contribution in [0.1, 0.15) is 0 Å². The molecule has 0 amide bonds. The van der Waals surface area contributed by atoms with Crippen molar-refractivity contribution in [2.75, 3.05) is 11.5 Å². The van der Waals surface area contributed by atoms with Gasteiger partial charge in [0.1, 0.15) is 10.9 Å². The van der Waals surface area contributed by atoms with E-state index in [1.165, 1.54) is 0 Å². The predicted octanol–water partition coefficient (Wildman–Crippen LogP) is 0.813. The molecule has 0 aromatic heterocycles. The minimum Gasteiger partial charge on any atom is -0.381 e. The summed E-state index contributed by atoms with van der Waals surface area (Å²) in [6, 6.07) is 0. The van der Waals surface area contributed by atoms with Gasteiger partial charge in [-0.05, 0) is 0 Å². The lowest BCUT2D eigenvalue weighted by atomic mass is 10.5. The van der Waals surface area contributed by atoms with Gasteiger partial charge in [-0.3, -0.25) is 0 Å². The number of aliphatic hydroxyl groups excluding tert-OH is 2. The van der Waals surface area contributed by atoms with Crippen LogP contribution in [0.5, 0.6) is 0 Å². The number of hydrogen-bond acceptors (Lipinski definition) is 7. The van der Waals surface area contributed by atoms with E-state index in [1.807, 2.05) is 0 Å². The van der Waals surface area contributed by atoms with Crippen LogP contribution in [-0.2, 0) is 0 Å². The van der Waals surface area contributed by atoms with Crippen LogP contribution >= 0.6 is 62.3 Å². The zero-order valence-electron chi connectivity index (χ0n) is 6.82. The van der Waals surface area contributed by atoms with Gasteiger partial charge in [0.2, 0.25) is 0 Å². The van der Waals surface area contributed by atoms with E-state index in [4.69, 9.17) is 0 Å². The second-order valence-corrected chi connectivity index (χ2v) is 5.71. The summed E-state index contributed by atoms with van der Waals surface area (Å²) in [6.07, 6.45) is 0. The van der Waals surface area contributed by atoms with E-state index >= 15 is 0 Å². The summed E-state index contributed by atoms with van der Waals surface area (Å²) in [7, 11) is 0. The maximum absolute atomic E-state index is 9.45. The van der Waals surface area contributed by atoms with Gasteiger partial charge in [-0.1, -0.05) is 11.8 Å². The van der Waals surface area contributed by atoms with Crippen LogP contribution in [0.15, 0.2) is 0 Å². The first-order chi connectivity index (χ1) is 6.02. The van der Waals surface area contributed by atoms with Gasteiger partial charge >= 0.3 is 0 Å². The molecular weight excluding hydrogens is 264 g/mol. The first kappa shape index (κ1) is 14.7. The molecule has 0 aliphatic heterocycles. The maximum atomic E-state index is 9.45. The topological polar surface area (TPSA) is 40.5 Å². The molecule has 4 atom stereocenters. The van der Waals surface area contributed by atoms with E-state index in [2.05, 4.69) is 50.5 Å². The Morgan fingerprint density at radius 1 is 0.923 bits per heavy atom. The average Bonchev–Trinajstić information content (AvgIpc) is 2.14. The second kappa shape index (κ2) is 7.90. The summed E-state index contributed by atoms with van der Waals surface area (Å²) in [5.74, 6) is 0.921. The molecule has 2 nitrogen and oxygen atoms in total. The SMILES string of the molecule is OC(SC(O)C(S)CS)C(S)CS. The quantitative estimate of drug-likeness (QED) is 0.322. The second-order valence-electron chi connectivity index (χ2n) is 2.42. The molecule has 0 radical (unpaired) electrons. The summed E-state index contributed by atoms with van der Waals surface area (Å²) in [4.78, 5) is 0. The molecule has 4 unspecified atom stereocenters. The number of thioether (sulfide) groups is 1. The van der Waals surface area contributed by atoms with E-state index in [-0.39, 0.29) is 10.5 Å². The Bertz CT molecular complexity index is 122. The average molecular weight is 279 g/mol. The molecule has 0 aliphatic carbocycles. The Morgan fingerprint density at radius 3 is 1.46 bits per heavy atom. The minimum atomic E-state index is -0.731. The summed E-state index contributed by atoms with van der Waals surface area (Å²) in [5.41, 5.74) is -1.46. The molecule has 0 rings (SSSR count). The Labute approximate surface area is 105 Å². The Kier molecular flexibility index (Phi) is 8.91. The third kappa shape index (κ3) is 5.96. The fraction of sp³-hybridized carbons (Fsp3) is 1.00. The predicted molar refractivity (Wildman–Crippen MR) is 72.9 cm³/mol. The van der Waals surface area contributed by atoms with Crippen LogP contribution in [0.2, 0.25) is 0 Å². The molecule has 0 aliphatic rings. The number of hydrogen-bond donors (Lipinski definition) is 6. The Hall–Kier alpha value is 1.67. The highest BCUT2D eigenvalue weighted by Crippen LogP contribution is 2.25. The van der Waals surface area contributed by atoms with Gasteiger partial charge in [-0.15, -0.1) is 0 Å². The summed E-state index contributed by atoms with van der Waals surface area (Å²) < 4.78 is 0. The van der Waals surface area contributed by atoms with Gasteiger partial charge in [0, 0.05) is 22.0 Å². The van der Waals surface area contributed by atoms with E-state index in [0.29, 0.717) is 11.5 Å².